The Bertz CT molecular complexity index is 485. The second kappa shape index (κ2) is 6.70. The number of hydrogen-bond donors (Lipinski definition) is 1. The van der Waals surface area contributed by atoms with Crippen molar-refractivity contribution in [1.82, 2.24) is 4.90 Å². The fraction of sp³-hybridized carbons (Fsp3) is 0.500. The van der Waals surface area contributed by atoms with Crippen LogP contribution in [0.4, 0.5) is 4.39 Å². The van der Waals surface area contributed by atoms with E-state index in [1.165, 1.54) is 18.9 Å². The molecule has 2 rings (SSSR count). The first kappa shape index (κ1) is 14.0. The van der Waals surface area contributed by atoms with Crippen LogP contribution in [0.5, 0.6) is 0 Å². The summed E-state index contributed by atoms with van der Waals surface area (Å²) in [5.41, 5.74) is 1.35. The number of aliphatic hydroxyl groups is 1. The standard InChI is InChI=1S/C16H20FNO/c1-2-9-18(15-7-8-15)12-14-6-5-13(4-3-10-19)11-16(14)17/h5-6,11,15,19H,2,7-10,12H2,1H3. The average molecular weight is 261 g/mol. The quantitative estimate of drug-likeness (QED) is 0.823. The van der Waals surface area contributed by atoms with Crippen molar-refractivity contribution in [3.8, 4) is 11.8 Å². The van der Waals surface area contributed by atoms with Crippen molar-refractivity contribution in [2.45, 2.75) is 38.8 Å². The van der Waals surface area contributed by atoms with Crippen molar-refractivity contribution in [2.24, 2.45) is 0 Å². The zero-order valence-corrected chi connectivity index (χ0v) is 11.3. The molecule has 19 heavy (non-hydrogen) atoms. The van der Waals surface area contributed by atoms with Gasteiger partial charge < -0.3 is 5.11 Å². The largest absolute Gasteiger partial charge is 0.384 e. The Morgan fingerprint density at radius 1 is 1.42 bits per heavy atom. The first-order chi connectivity index (χ1) is 9.24. The van der Waals surface area contributed by atoms with Gasteiger partial charge in [-0.05, 0) is 37.9 Å². The Hall–Kier alpha value is -1.37. The smallest absolute Gasteiger partial charge is 0.128 e. The number of halogens is 1. The summed E-state index contributed by atoms with van der Waals surface area (Å²) in [6.45, 7) is 3.66. The first-order valence-electron chi connectivity index (χ1n) is 6.86. The van der Waals surface area contributed by atoms with Crippen molar-refractivity contribution in [3.05, 3.63) is 35.1 Å². The van der Waals surface area contributed by atoms with E-state index in [0.717, 1.165) is 18.5 Å². The first-order valence-corrected chi connectivity index (χ1v) is 6.86. The lowest BCUT2D eigenvalue weighted by Crippen LogP contribution is -2.26. The molecule has 3 heteroatoms. The summed E-state index contributed by atoms with van der Waals surface area (Å²) in [5.74, 6) is 5.05. The number of benzene rings is 1. The summed E-state index contributed by atoms with van der Waals surface area (Å²) in [4.78, 5) is 2.36. The molecule has 1 aromatic rings. The van der Waals surface area contributed by atoms with Gasteiger partial charge in [0.2, 0.25) is 0 Å². The van der Waals surface area contributed by atoms with Gasteiger partial charge in [0.05, 0.1) is 0 Å². The summed E-state index contributed by atoms with van der Waals surface area (Å²) in [7, 11) is 0. The van der Waals surface area contributed by atoms with Crippen LogP contribution >= 0.6 is 0 Å². The van der Waals surface area contributed by atoms with Crippen LogP contribution < -0.4 is 0 Å². The Morgan fingerprint density at radius 3 is 2.79 bits per heavy atom. The van der Waals surface area contributed by atoms with E-state index in [0.29, 0.717) is 18.2 Å². The van der Waals surface area contributed by atoms with Crippen LogP contribution in [0.25, 0.3) is 0 Å². The van der Waals surface area contributed by atoms with Crippen LogP contribution in [0.2, 0.25) is 0 Å². The molecular weight excluding hydrogens is 241 g/mol. The van der Waals surface area contributed by atoms with Gasteiger partial charge in [-0.3, -0.25) is 4.90 Å². The molecule has 0 spiro atoms. The maximum atomic E-state index is 14.0. The molecule has 1 N–H and O–H groups in total. The van der Waals surface area contributed by atoms with Crippen LogP contribution in [-0.2, 0) is 6.54 Å². The third kappa shape index (κ3) is 4.05. The number of aliphatic hydroxyl groups excluding tert-OH is 1. The normalized spacial score (nSPS) is 14.3. The van der Waals surface area contributed by atoms with Crippen LogP contribution in [-0.4, -0.2) is 29.2 Å². The fourth-order valence-corrected chi connectivity index (χ4v) is 2.23. The van der Waals surface area contributed by atoms with Gasteiger partial charge in [-0.1, -0.05) is 24.8 Å². The number of rotatable bonds is 5. The van der Waals surface area contributed by atoms with Gasteiger partial charge in [0.25, 0.3) is 0 Å². The highest BCUT2D eigenvalue weighted by Gasteiger charge is 2.28. The van der Waals surface area contributed by atoms with Gasteiger partial charge in [-0.25, -0.2) is 4.39 Å². The van der Waals surface area contributed by atoms with Gasteiger partial charge in [0, 0.05) is 23.7 Å². The SMILES string of the molecule is CCCN(Cc1ccc(C#CCO)cc1F)C1CC1. The van der Waals surface area contributed by atoms with Gasteiger partial charge in [-0.15, -0.1) is 0 Å². The van der Waals surface area contributed by atoms with Crippen molar-refractivity contribution >= 4 is 0 Å². The maximum Gasteiger partial charge on any atom is 0.128 e. The van der Waals surface area contributed by atoms with Crippen molar-refractivity contribution in [3.63, 3.8) is 0 Å². The summed E-state index contributed by atoms with van der Waals surface area (Å²) in [6, 6.07) is 5.72. The topological polar surface area (TPSA) is 23.5 Å². The molecule has 1 aliphatic rings. The molecule has 1 aromatic carbocycles. The lowest BCUT2D eigenvalue weighted by molar-refractivity contribution is 0.252. The lowest BCUT2D eigenvalue weighted by Gasteiger charge is -2.21. The molecule has 1 saturated carbocycles. The van der Waals surface area contributed by atoms with E-state index in [1.807, 2.05) is 12.1 Å². The number of nitrogens with zero attached hydrogens (tertiary/aromatic N) is 1. The summed E-state index contributed by atoms with van der Waals surface area (Å²) in [6.07, 6.45) is 3.57. The van der Waals surface area contributed by atoms with Crippen LogP contribution in [0.15, 0.2) is 18.2 Å². The molecule has 0 atom stereocenters. The van der Waals surface area contributed by atoms with Gasteiger partial charge >= 0.3 is 0 Å². The van der Waals surface area contributed by atoms with Gasteiger partial charge in [-0.2, -0.15) is 0 Å². The van der Waals surface area contributed by atoms with Crippen molar-refractivity contribution in [1.29, 1.82) is 0 Å². The van der Waals surface area contributed by atoms with Gasteiger partial charge in [0.1, 0.15) is 12.4 Å². The molecule has 2 nitrogen and oxygen atoms in total. The minimum absolute atomic E-state index is 0.199. The Morgan fingerprint density at radius 2 is 2.21 bits per heavy atom. The van der Waals surface area contributed by atoms with Crippen molar-refractivity contribution < 1.29 is 9.50 Å². The maximum absolute atomic E-state index is 14.0. The minimum Gasteiger partial charge on any atom is -0.384 e. The summed E-state index contributed by atoms with van der Waals surface area (Å²) >= 11 is 0. The Kier molecular flexibility index (Phi) is 4.95. The molecule has 0 unspecified atom stereocenters. The molecule has 1 aliphatic carbocycles. The highest BCUT2D eigenvalue weighted by molar-refractivity contribution is 5.37. The zero-order valence-electron chi connectivity index (χ0n) is 11.3. The second-order valence-electron chi connectivity index (χ2n) is 4.97. The number of hydrogen-bond acceptors (Lipinski definition) is 2. The van der Waals surface area contributed by atoms with Crippen LogP contribution in [0, 0.1) is 17.7 Å². The monoisotopic (exact) mass is 261 g/mol. The molecule has 1 fully saturated rings. The average Bonchev–Trinajstić information content (AvgIpc) is 3.22. The Labute approximate surface area is 114 Å². The summed E-state index contributed by atoms with van der Waals surface area (Å²) < 4.78 is 14.0. The van der Waals surface area contributed by atoms with E-state index in [1.54, 1.807) is 0 Å². The third-order valence-corrected chi connectivity index (χ3v) is 3.31. The molecule has 0 aliphatic heterocycles. The molecule has 0 aromatic heterocycles. The van der Waals surface area contributed by atoms with E-state index >= 15 is 0 Å². The van der Waals surface area contributed by atoms with Crippen LogP contribution in [0.1, 0.15) is 37.3 Å². The lowest BCUT2D eigenvalue weighted by atomic mass is 10.1. The van der Waals surface area contributed by atoms with E-state index in [4.69, 9.17) is 5.11 Å². The second-order valence-corrected chi connectivity index (χ2v) is 4.97. The van der Waals surface area contributed by atoms with E-state index in [9.17, 15) is 4.39 Å². The van der Waals surface area contributed by atoms with E-state index in [-0.39, 0.29) is 12.4 Å². The predicted molar refractivity (Wildman–Crippen MR) is 74.1 cm³/mol. The fourth-order valence-electron chi connectivity index (χ4n) is 2.23. The predicted octanol–water partition coefficient (Wildman–Crippen LogP) is 2.54. The Balaban J connectivity index is 2.07. The molecule has 0 saturated heterocycles. The van der Waals surface area contributed by atoms with Crippen LogP contribution in [0.3, 0.4) is 0 Å². The zero-order chi connectivity index (χ0) is 13.7. The van der Waals surface area contributed by atoms with Crippen molar-refractivity contribution in [2.75, 3.05) is 13.2 Å². The highest BCUT2D eigenvalue weighted by Crippen LogP contribution is 2.28. The third-order valence-electron chi connectivity index (χ3n) is 3.31. The molecular formula is C16H20FNO. The highest BCUT2D eigenvalue weighted by atomic mass is 19.1. The minimum atomic E-state index is -0.202. The molecule has 0 heterocycles. The van der Waals surface area contributed by atoms with Gasteiger partial charge in [0.15, 0.2) is 0 Å². The molecule has 0 bridgehead atoms. The molecule has 102 valence electrons. The molecule has 0 radical (unpaired) electrons. The van der Waals surface area contributed by atoms with E-state index in [2.05, 4.69) is 23.7 Å². The molecule has 0 amide bonds. The van der Waals surface area contributed by atoms with E-state index < -0.39 is 0 Å². The summed E-state index contributed by atoms with van der Waals surface area (Å²) in [5, 5.41) is 8.62.